The lowest BCUT2D eigenvalue weighted by Crippen LogP contribution is -2.24. The molecule has 1 N–H and O–H groups in total. The molecule has 0 saturated heterocycles. The molecule has 134 valence electrons. The molecule has 0 aliphatic heterocycles. The van der Waals surface area contributed by atoms with Crippen molar-refractivity contribution in [1.29, 1.82) is 5.26 Å². The Morgan fingerprint density at radius 1 is 0.926 bits per heavy atom. The summed E-state index contributed by atoms with van der Waals surface area (Å²) in [4.78, 5) is 14.5. The molecule has 0 aliphatic rings. The van der Waals surface area contributed by atoms with Crippen LogP contribution in [0.3, 0.4) is 0 Å². The maximum atomic E-state index is 12.4. The first-order valence-electron chi connectivity index (χ1n) is 8.88. The third kappa shape index (κ3) is 5.20. The van der Waals surface area contributed by atoms with E-state index in [1.807, 2.05) is 60.7 Å². The van der Waals surface area contributed by atoms with E-state index in [0.717, 1.165) is 11.4 Å². The number of carbonyl (C=O) groups is 1. The second-order valence-corrected chi connectivity index (χ2v) is 6.19. The minimum absolute atomic E-state index is 0.139. The Morgan fingerprint density at radius 2 is 1.63 bits per heavy atom. The van der Waals surface area contributed by atoms with Gasteiger partial charge in [0.2, 0.25) is 0 Å². The standard InChI is InChI=1S/C23H21N3O/c24-15-8-16-26(18-19-9-3-1-4-10-19)22-14-7-13-21(17-22)25-23(27)20-11-5-2-6-12-20/h1-7,9-14,17H,8,16,18H2,(H,25,27). The van der Waals surface area contributed by atoms with E-state index < -0.39 is 0 Å². The summed E-state index contributed by atoms with van der Waals surface area (Å²) >= 11 is 0. The van der Waals surface area contributed by atoms with Crippen LogP contribution in [0.2, 0.25) is 0 Å². The van der Waals surface area contributed by atoms with Crippen LogP contribution in [0, 0.1) is 11.3 Å². The Labute approximate surface area is 159 Å². The SMILES string of the molecule is N#CCCN(Cc1ccccc1)c1cccc(NC(=O)c2ccccc2)c1. The fourth-order valence-electron chi connectivity index (χ4n) is 2.86. The summed E-state index contributed by atoms with van der Waals surface area (Å²) in [7, 11) is 0. The summed E-state index contributed by atoms with van der Waals surface area (Å²) in [6.45, 7) is 1.33. The number of nitriles is 1. The molecule has 3 aromatic carbocycles. The predicted octanol–water partition coefficient (Wildman–Crippen LogP) is 4.86. The van der Waals surface area contributed by atoms with Gasteiger partial charge in [-0.1, -0.05) is 54.6 Å². The average Bonchev–Trinajstić information content (AvgIpc) is 2.72. The van der Waals surface area contributed by atoms with Gasteiger partial charge in [-0.15, -0.1) is 0 Å². The van der Waals surface area contributed by atoms with Crippen molar-refractivity contribution in [2.24, 2.45) is 0 Å². The number of benzene rings is 3. The largest absolute Gasteiger partial charge is 0.366 e. The second-order valence-electron chi connectivity index (χ2n) is 6.19. The molecular weight excluding hydrogens is 334 g/mol. The number of nitrogens with zero attached hydrogens (tertiary/aromatic N) is 2. The van der Waals surface area contributed by atoms with Crippen molar-refractivity contribution in [3.8, 4) is 6.07 Å². The van der Waals surface area contributed by atoms with Crippen LogP contribution in [0.25, 0.3) is 0 Å². The Morgan fingerprint density at radius 3 is 2.33 bits per heavy atom. The van der Waals surface area contributed by atoms with Crippen LogP contribution in [-0.2, 0) is 6.54 Å². The topological polar surface area (TPSA) is 56.1 Å². The zero-order valence-electron chi connectivity index (χ0n) is 15.0. The first-order chi connectivity index (χ1) is 13.3. The van der Waals surface area contributed by atoms with E-state index in [2.05, 4.69) is 28.4 Å². The number of hydrogen-bond donors (Lipinski definition) is 1. The van der Waals surface area contributed by atoms with Crippen LogP contribution >= 0.6 is 0 Å². The van der Waals surface area contributed by atoms with Crippen molar-refractivity contribution >= 4 is 17.3 Å². The molecule has 0 bridgehead atoms. The maximum absolute atomic E-state index is 12.4. The van der Waals surface area contributed by atoms with Gasteiger partial charge in [0, 0.05) is 30.0 Å². The monoisotopic (exact) mass is 355 g/mol. The summed E-state index contributed by atoms with van der Waals surface area (Å²) in [5, 5.41) is 11.9. The second kappa shape index (κ2) is 9.21. The quantitative estimate of drug-likeness (QED) is 0.658. The van der Waals surface area contributed by atoms with E-state index in [0.29, 0.717) is 25.1 Å². The molecule has 0 aromatic heterocycles. The molecule has 3 rings (SSSR count). The molecule has 0 fully saturated rings. The molecule has 0 aliphatic carbocycles. The van der Waals surface area contributed by atoms with Gasteiger partial charge in [0.05, 0.1) is 12.5 Å². The molecular formula is C23H21N3O. The number of nitrogens with one attached hydrogen (secondary N) is 1. The first kappa shape index (κ1) is 18.2. The van der Waals surface area contributed by atoms with Crippen LogP contribution in [-0.4, -0.2) is 12.5 Å². The first-order valence-corrected chi connectivity index (χ1v) is 8.88. The zero-order chi connectivity index (χ0) is 18.9. The molecule has 0 saturated carbocycles. The summed E-state index contributed by atoms with van der Waals surface area (Å²) in [6, 6.07) is 29.2. The minimum Gasteiger partial charge on any atom is -0.366 e. The van der Waals surface area contributed by atoms with Gasteiger partial charge in [-0.2, -0.15) is 5.26 Å². The molecule has 3 aromatic rings. The summed E-state index contributed by atoms with van der Waals surface area (Å²) in [5.74, 6) is -0.139. The van der Waals surface area contributed by atoms with Gasteiger partial charge in [-0.05, 0) is 35.9 Å². The molecule has 27 heavy (non-hydrogen) atoms. The molecule has 4 nitrogen and oxygen atoms in total. The minimum atomic E-state index is -0.139. The van der Waals surface area contributed by atoms with Crippen molar-refractivity contribution < 1.29 is 4.79 Å². The van der Waals surface area contributed by atoms with Crippen molar-refractivity contribution in [2.45, 2.75) is 13.0 Å². The van der Waals surface area contributed by atoms with Gasteiger partial charge < -0.3 is 10.2 Å². The van der Waals surface area contributed by atoms with Gasteiger partial charge in [-0.3, -0.25) is 4.79 Å². The third-order valence-electron chi connectivity index (χ3n) is 4.21. The van der Waals surface area contributed by atoms with Crippen molar-refractivity contribution in [1.82, 2.24) is 0 Å². The highest BCUT2D eigenvalue weighted by atomic mass is 16.1. The normalized spacial score (nSPS) is 10.0. The van der Waals surface area contributed by atoms with E-state index in [-0.39, 0.29) is 5.91 Å². The van der Waals surface area contributed by atoms with Gasteiger partial charge in [-0.25, -0.2) is 0 Å². The Hall–Kier alpha value is -3.58. The van der Waals surface area contributed by atoms with Crippen LogP contribution < -0.4 is 10.2 Å². The lowest BCUT2D eigenvalue weighted by Gasteiger charge is -2.24. The van der Waals surface area contributed by atoms with E-state index in [1.54, 1.807) is 12.1 Å². The fourth-order valence-corrected chi connectivity index (χ4v) is 2.86. The van der Waals surface area contributed by atoms with Gasteiger partial charge in [0.25, 0.3) is 5.91 Å². The predicted molar refractivity (Wildman–Crippen MR) is 109 cm³/mol. The number of amides is 1. The van der Waals surface area contributed by atoms with Crippen LogP contribution in [0.1, 0.15) is 22.3 Å². The fraction of sp³-hybridized carbons (Fsp3) is 0.130. The van der Waals surface area contributed by atoms with E-state index in [4.69, 9.17) is 5.26 Å². The molecule has 0 spiro atoms. The molecule has 0 unspecified atom stereocenters. The van der Waals surface area contributed by atoms with Gasteiger partial charge in [0.15, 0.2) is 0 Å². The maximum Gasteiger partial charge on any atom is 0.255 e. The summed E-state index contributed by atoms with van der Waals surface area (Å²) < 4.78 is 0. The van der Waals surface area contributed by atoms with Crippen molar-refractivity contribution in [2.75, 3.05) is 16.8 Å². The Kier molecular flexibility index (Phi) is 6.21. The van der Waals surface area contributed by atoms with E-state index >= 15 is 0 Å². The molecule has 0 heterocycles. The molecule has 0 radical (unpaired) electrons. The molecule has 0 atom stereocenters. The number of hydrogen-bond acceptors (Lipinski definition) is 3. The van der Waals surface area contributed by atoms with Gasteiger partial charge >= 0.3 is 0 Å². The van der Waals surface area contributed by atoms with Crippen molar-refractivity contribution in [3.05, 3.63) is 96.1 Å². The summed E-state index contributed by atoms with van der Waals surface area (Å²) in [5.41, 5.74) is 3.50. The van der Waals surface area contributed by atoms with Crippen LogP contribution in [0.5, 0.6) is 0 Å². The van der Waals surface area contributed by atoms with Crippen LogP contribution in [0.15, 0.2) is 84.9 Å². The number of carbonyl (C=O) groups excluding carboxylic acids is 1. The van der Waals surface area contributed by atoms with E-state index in [9.17, 15) is 4.79 Å². The number of anilines is 2. The van der Waals surface area contributed by atoms with E-state index in [1.165, 1.54) is 5.56 Å². The molecule has 1 amide bonds. The highest BCUT2D eigenvalue weighted by Crippen LogP contribution is 2.22. The zero-order valence-corrected chi connectivity index (χ0v) is 15.0. The molecule has 4 heteroatoms. The lowest BCUT2D eigenvalue weighted by molar-refractivity contribution is 0.102. The Bertz CT molecular complexity index is 917. The highest BCUT2D eigenvalue weighted by molar-refractivity contribution is 6.04. The third-order valence-corrected chi connectivity index (χ3v) is 4.21. The smallest absolute Gasteiger partial charge is 0.255 e. The number of rotatable bonds is 7. The van der Waals surface area contributed by atoms with Gasteiger partial charge in [0.1, 0.15) is 0 Å². The van der Waals surface area contributed by atoms with Crippen molar-refractivity contribution in [3.63, 3.8) is 0 Å². The lowest BCUT2D eigenvalue weighted by atomic mass is 10.1. The van der Waals surface area contributed by atoms with Crippen LogP contribution in [0.4, 0.5) is 11.4 Å². The highest BCUT2D eigenvalue weighted by Gasteiger charge is 2.10. The average molecular weight is 355 g/mol. The summed E-state index contributed by atoms with van der Waals surface area (Å²) in [6.07, 6.45) is 0.438. The Balaban J connectivity index is 1.78.